The Morgan fingerprint density at radius 3 is 2.81 bits per heavy atom. The number of rotatable bonds is 4. The molecule has 5 nitrogen and oxygen atoms in total. The van der Waals surface area contributed by atoms with Crippen LogP contribution in [-0.4, -0.2) is 29.6 Å². The fourth-order valence-corrected chi connectivity index (χ4v) is 2.84. The van der Waals surface area contributed by atoms with Gasteiger partial charge < -0.3 is 15.7 Å². The van der Waals surface area contributed by atoms with Gasteiger partial charge in [-0.1, -0.05) is 17.7 Å². The third-order valence-electron chi connectivity index (χ3n) is 3.56. The molecule has 21 heavy (non-hydrogen) atoms. The highest BCUT2D eigenvalue weighted by Gasteiger charge is 2.28. The van der Waals surface area contributed by atoms with Crippen molar-refractivity contribution in [2.45, 2.75) is 25.3 Å². The van der Waals surface area contributed by atoms with Crippen LogP contribution in [-0.2, 0) is 9.59 Å². The molecule has 1 amide bonds. The normalized spacial score (nSPS) is 18.9. The number of benzene rings is 1. The third kappa shape index (κ3) is 3.55. The molecule has 0 radical (unpaired) electrons. The number of carboxylic acids is 1. The average molecular weight is 309 g/mol. The number of piperidine rings is 1. The fourth-order valence-electron chi connectivity index (χ4n) is 2.61. The summed E-state index contributed by atoms with van der Waals surface area (Å²) in [4.78, 5) is 24.3. The van der Waals surface area contributed by atoms with E-state index in [1.807, 2.05) is 11.0 Å². The first-order valence-corrected chi connectivity index (χ1v) is 7.14. The Bertz CT molecular complexity index is 586. The summed E-state index contributed by atoms with van der Waals surface area (Å²) in [7, 11) is 0. The van der Waals surface area contributed by atoms with E-state index in [1.54, 1.807) is 12.1 Å². The lowest BCUT2D eigenvalue weighted by Gasteiger charge is -2.36. The van der Waals surface area contributed by atoms with Crippen LogP contribution in [0.4, 0.5) is 5.69 Å². The topological polar surface area (TPSA) is 83.6 Å². The predicted molar refractivity (Wildman–Crippen MR) is 82.3 cm³/mol. The summed E-state index contributed by atoms with van der Waals surface area (Å²) < 4.78 is 0. The molecule has 1 aliphatic heterocycles. The first-order chi connectivity index (χ1) is 10.0. The fraction of sp³-hybridized carbons (Fsp3) is 0.333. The Labute approximate surface area is 128 Å². The Balaban J connectivity index is 2.44. The van der Waals surface area contributed by atoms with Crippen LogP contribution in [0.1, 0.15) is 24.8 Å². The molecule has 0 aromatic heterocycles. The third-order valence-corrected chi connectivity index (χ3v) is 3.89. The summed E-state index contributed by atoms with van der Waals surface area (Å²) in [5.74, 6) is -1.42. The van der Waals surface area contributed by atoms with E-state index in [1.165, 1.54) is 6.08 Å². The van der Waals surface area contributed by atoms with Gasteiger partial charge in [0.1, 0.15) is 6.04 Å². The lowest BCUT2D eigenvalue weighted by atomic mass is 9.99. The minimum atomic E-state index is -1.05. The van der Waals surface area contributed by atoms with E-state index in [0.29, 0.717) is 23.6 Å². The van der Waals surface area contributed by atoms with Gasteiger partial charge in [0.15, 0.2) is 0 Å². The number of nitrogens with zero attached hydrogens (tertiary/aromatic N) is 1. The molecule has 0 saturated carbocycles. The summed E-state index contributed by atoms with van der Waals surface area (Å²) in [5, 5.41) is 9.23. The van der Waals surface area contributed by atoms with E-state index in [4.69, 9.17) is 22.4 Å². The quantitative estimate of drug-likeness (QED) is 0.836. The summed E-state index contributed by atoms with van der Waals surface area (Å²) in [5.41, 5.74) is 6.81. The van der Waals surface area contributed by atoms with Crippen molar-refractivity contribution in [3.63, 3.8) is 0 Å². The molecule has 1 heterocycles. The highest BCUT2D eigenvalue weighted by Crippen LogP contribution is 2.33. The summed E-state index contributed by atoms with van der Waals surface area (Å²) in [6.45, 7) is 0.696. The number of carboxylic acid groups (broad SMARTS) is 1. The minimum absolute atomic E-state index is 0.372. The Hall–Kier alpha value is -2.01. The number of primary amides is 1. The van der Waals surface area contributed by atoms with E-state index in [0.717, 1.165) is 24.6 Å². The van der Waals surface area contributed by atoms with Crippen LogP contribution in [0, 0.1) is 0 Å². The number of hydrogen-bond donors (Lipinski definition) is 2. The van der Waals surface area contributed by atoms with E-state index < -0.39 is 5.97 Å². The largest absolute Gasteiger partial charge is 0.478 e. The van der Waals surface area contributed by atoms with E-state index in [-0.39, 0.29) is 11.9 Å². The number of nitrogens with two attached hydrogens (primary N) is 1. The second-order valence-electron chi connectivity index (χ2n) is 4.95. The Morgan fingerprint density at radius 1 is 1.38 bits per heavy atom. The van der Waals surface area contributed by atoms with Crippen molar-refractivity contribution in [2.75, 3.05) is 11.4 Å². The van der Waals surface area contributed by atoms with Crippen LogP contribution in [0.5, 0.6) is 0 Å². The van der Waals surface area contributed by atoms with Crippen molar-refractivity contribution < 1.29 is 14.7 Å². The van der Waals surface area contributed by atoms with Gasteiger partial charge in [-0.25, -0.2) is 4.79 Å². The molecule has 1 fully saturated rings. The monoisotopic (exact) mass is 308 g/mol. The van der Waals surface area contributed by atoms with Crippen molar-refractivity contribution in [1.82, 2.24) is 0 Å². The van der Waals surface area contributed by atoms with Gasteiger partial charge in [-0.15, -0.1) is 0 Å². The lowest BCUT2D eigenvalue weighted by Crippen LogP contribution is -2.48. The molecule has 3 N–H and O–H groups in total. The molecule has 2 rings (SSSR count). The van der Waals surface area contributed by atoms with Crippen LogP contribution >= 0.6 is 11.6 Å². The lowest BCUT2D eigenvalue weighted by molar-refractivity contribution is -0.131. The molecule has 1 aliphatic rings. The number of halogens is 1. The zero-order valence-corrected chi connectivity index (χ0v) is 12.2. The van der Waals surface area contributed by atoms with Crippen LogP contribution in [0.2, 0.25) is 5.02 Å². The van der Waals surface area contributed by atoms with Gasteiger partial charge in [0.2, 0.25) is 5.91 Å². The van der Waals surface area contributed by atoms with E-state index in [2.05, 4.69) is 0 Å². The predicted octanol–water partition coefficient (Wildman–Crippen LogP) is 2.28. The van der Waals surface area contributed by atoms with Crippen molar-refractivity contribution in [2.24, 2.45) is 5.73 Å². The molecule has 0 bridgehead atoms. The summed E-state index contributed by atoms with van der Waals surface area (Å²) in [6, 6.07) is 4.92. The first-order valence-electron chi connectivity index (χ1n) is 6.76. The summed E-state index contributed by atoms with van der Waals surface area (Å²) in [6.07, 6.45) is 5.09. The van der Waals surface area contributed by atoms with Gasteiger partial charge in [-0.05, 0) is 37.5 Å². The molecule has 0 spiro atoms. The van der Waals surface area contributed by atoms with Crippen LogP contribution in [0.15, 0.2) is 24.3 Å². The van der Waals surface area contributed by atoms with Crippen LogP contribution in [0.3, 0.4) is 0 Å². The van der Waals surface area contributed by atoms with Crippen molar-refractivity contribution in [3.8, 4) is 0 Å². The maximum Gasteiger partial charge on any atom is 0.328 e. The smallest absolute Gasteiger partial charge is 0.328 e. The number of aliphatic carboxylic acids is 1. The molecule has 6 heteroatoms. The van der Waals surface area contributed by atoms with Gasteiger partial charge in [0.25, 0.3) is 0 Å². The molecule has 1 atom stereocenters. The highest BCUT2D eigenvalue weighted by molar-refractivity contribution is 6.32. The van der Waals surface area contributed by atoms with Crippen LogP contribution < -0.4 is 10.6 Å². The molecule has 1 aromatic rings. The SMILES string of the molecule is NC(=O)C1CCCCN1c1cccc(Cl)c1C=CC(=O)O. The molecule has 1 saturated heterocycles. The minimum Gasteiger partial charge on any atom is -0.478 e. The molecule has 1 unspecified atom stereocenters. The number of carbonyl (C=O) groups excluding carboxylic acids is 1. The van der Waals surface area contributed by atoms with Crippen molar-refractivity contribution in [1.29, 1.82) is 0 Å². The number of carbonyl (C=O) groups is 2. The average Bonchev–Trinajstić information content (AvgIpc) is 2.45. The van der Waals surface area contributed by atoms with Crippen molar-refractivity contribution in [3.05, 3.63) is 34.9 Å². The van der Waals surface area contributed by atoms with Gasteiger partial charge in [-0.3, -0.25) is 4.79 Å². The second-order valence-corrected chi connectivity index (χ2v) is 5.36. The van der Waals surface area contributed by atoms with Crippen molar-refractivity contribution >= 4 is 35.2 Å². The highest BCUT2D eigenvalue weighted by atomic mass is 35.5. The number of anilines is 1. The van der Waals surface area contributed by atoms with Crippen LogP contribution in [0.25, 0.3) is 6.08 Å². The van der Waals surface area contributed by atoms with Gasteiger partial charge in [0.05, 0.1) is 0 Å². The van der Waals surface area contributed by atoms with Gasteiger partial charge >= 0.3 is 5.97 Å². The zero-order valence-electron chi connectivity index (χ0n) is 11.5. The Morgan fingerprint density at radius 2 is 2.14 bits per heavy atom. The summed E-state index contributed by atoms with van der Waals surface area (Å²) >= 11 is 6.17. The van der Waals surface area contributed by atoms with Gasteiger partial charge in [0, 0.05) is 28.9 Å². The number of amides is 1. The second kappa shape index (κ2) is 6.63. The molecular formula is C15H17ClN2O3. The molecule has 1 aromatic carbocycles. The molecular weight excluding hydrogens is 292 g/mol. The molecule has 112 valence electrons. The maximum absolute atomic E-state index is 11.6. The van der Waals surface area contributed by atoms with Gasteiger partial charge in [-0.2, -0.15) is 0 Å². The number of hydrogen-bond acceptors (Lipinski definition) is 3. The molecule has 0 aliphatic carbocycles. The standard InChI is InChI=1S/C15H17ClN2O3/c16-11-4-3-6-12(10(11)7-8-14(19)20)18-9-2-1-5-13(18)15(17)21/h3-4,6-8,13H,1-2,5,9H2,(H2,17,21)(H,19,20). The van der Waals surface area contributed by atoms with E-state index in [9.17, 15) is 9.59 Å². The van der Waals surface area contributed by atoms with E-state index >= 15 is 0 Å². The Kier molecular flexibility index (Phi) is 4.85. The zero-order chi connectivity index (χ0) is 15.4. The first kappa shape index (κ1) is 15.4. The maximum atomic E-state index is 11.6.